The van der Waals surface area contributed by atoms with Crippen molar-refractivity contribution in [3.05, 3.63) is 83.1 Å². The van der Waals surface area contributed by atoms with E-state index in [2.05, 4.69) is 22.0 Å². The molecule has 0 aliphatic carbocycles. The van der Waals surface area contributed by atoms with E-state index in [0.29, 0.717) is 17.1 Å². The van der Waals surface area contributed by atoms with Gasteiger partial charge in [0.2, 0.25) is 0 Å². The molecule has 2 heterocycles. The molecule has 1 aromatic heterocycles. The Labute approximate surface area is 186 Å². The molecule has 0 bridgehead atoms. The maximum atomic E-state index is 12.8. The van der Waals surface area contributed by atoms with Crippen LogP contribution in [0.3, 0.4) is 0 Å². The normalized spacial score (nSPS) is 14.4. The summed E-state index contributed by atoms with van der Waals surface area (Å²) in [5.74, 6) is 1.75. The summed E-state index contributed by atoms with van der Waals surface area (Å²) >= 11 is 7.73. The number of hydrogen-bond acceptors (Lipinski definition) is 5. The number of thioether (sulfide) groups is 1. The van der Waals surface area contributed by atoms with E-state index in [1.807, 2.05) is 41.4 Å². The summed E-state index contributed by atoms with van der Waals surface area (Å²) in [6, 6.07) is 17.5. The van der Waals surface area contributed by atoms with Crippen LogP contribution < -0.4 is 4.90 Å². The Morgan fingerprint density at radius 2 is 1.87 bits per heavy atom. The van der Waals surface area contributed by atoms with E-state index < -0.39 is 0 Å². The van der Waals surface area contributed by atoms with Crippen molar-refractivity contribution >= 4 is 35.1 Å². The van der Waals surface area contributed by atoms with Crippen LogP contribution in [0.5, 0.6) is 0 Å². The SMILES string of the molecule is O=C(c1cccc(Cl)c1)N1CCCN(c2cncc(SCc3ccccc3)n2)CC1. The molecule has 7 heteroatoms. The first-order valence-electron chi connectivity index (χ1n) is 9.97. The monoisotopic (exact) mass is 438 g/mol. The number of halogens is 1. The lowest BCUT2D eigenvalue weighted by Gasteiger charge is -2.23. The molecule has 1 aliphatic heterocycles. The fourth-order valence-electron chi connectivity index (χ4n) is 3.45. The summed E-state index contributed by atoms with van der Waals surface area (Å²) in [6.07, 6.45) is 4.50. The molecule has 4 rings (SSSR count). The second-order valence-electron chi connectivity index (χ2n) is 7.13. The van der Waals surface area contributed by atoms with E-state index in [9.17, 15) is 4.79 Å². The fourth-order valence-corrected chi connectivity index (χ4v) is 4.44. The summed E-state index contributed by atoms with van der Waals surface area (Å²) < 4.78 is 0. The molecule has 154 valence electrons. The molecule has 0 radical (unpaired) electrons. The molecule has 2 aromatic carbocycles. The summed E-state index contributed by atoms with van der Waals surface area (Å²) in [5.41, 5.74) is 1.90. The van der Waals surface area contributed by atoms with Crippen LogP contribution in [-0.4, -0.2) is 47.0 Å². The smallest absolute Gasteiger partial charge is 0.253 e. The zero-order valence-electron chi connectivity index (χ0n) is 16.6. The molecule has 0 N–H and O–H groups in total. The quantitative estimate of drug-likeness (QED) is 0.537. The van der Waals surface area contributed by atoms with E-state index in [4.69, 9.17) is 16.6 Å². The van der Waals surface area contributed by atoms with Crippen LogP contribution in [-0.2, 0) is 5.75 Å². The molecule has 0 unspecified atom stereocenters. The van der Waals surface area contributed by atoms with Crippen LogP contribution in [0.1, 0.15) is 22.3 Å². The lowest BCUT2D eigenvalue weighted by molar-refractivity contribution is 0.0767. The van der Waals surface area contributed by atoms with Gasteiger partial charge in [-0.2, -0.15) is 0 Å². The maximum absolute atomic E-state index is 12.8. The number of carbonyl (C=O) groups is 1. The third kappa shape index (κ3) is 5.32. The van der Waals surface area contributed by atoms with E-state index in [-0.39, 0.29) is 5.91 Å². The zero-order valence-corrected chi connectivity index (χ0v) is 18.1. The molecule has 1 aliphatic rings. The van der Waals surface area contributed by atoms with Gasteiger partial charge < -0.3 is 9.80 Å². The third-order valence-electron chi connectivity index (χ3n) is 5.01. The minimum Gasteiger partial charge on any atom is -0.353 e. The van der Waals surface area contributed by atoms with Crippen LogP contribution in [0.2, 0.25) is 5.02 Å². The van der Waals surface area contributed by atoms with Crippen LogP contribution in [0.4, 0.5) is 5.82 Å². The third-order valence-corrected chi connectivity index (χ3v) is 6.21. The number of benzene rings is 2. The first-order chi connectivity index (χ1) is 14.7. The van der Waals surface area contributed by atoms with Gasteiger partial charge in [0.15, 0.2) is 0 Å². The van der Waals surface area contributed by atoms with Gasteiger partial charge in [0.1, 0.15) is 10.8 Å². The Morgan fingerprint density at radius 1 is 1.00 bits per heavy atom. The van der Waals surface area contributed by atoms with Gasteiger partial charge in [-0.3, -0.25) is 9.78 Å². The minimum absolute atomic E-state index is 0.0256. The maximum Gasteiger partial charge on any atom is 0.253 e. The summed E-state index contributed by atoms with van der Waals surface area (Å²) in [7, 11) is 0. The average molecular weight is 439 g/mol. The second-order valence-corrected chi connectivity index (χ2v) is 8.56. The molecule has 3 aromatic rings. The highest BCUT2D eigenvalue weighted by Gasteiger charge is 2.21. The molecule has 1 saturated heterocycles. The average Bonchev–Trinajstić information content (AvgIpc) is 3.04. The second kappa shape index (κ2) is 9.96. The molecular formula is C23H23ClN4OS. The number of amides is 1. The van der Waals surface area contributed by atoms with Crippen molar-refractivity contribution in [2.75, 3.05) is 31.1 Å². The van der Waals surface area contributed by atoms with Gasteiger partial charge in [-0.15, -0.1) is 11.8 Å². The van der Waals surface area contributed by atoms with E-state index >= 15 is 0 Å². The number of nitrogens with zero attached hydrogens (tertiary/aromatic N) is 4. The van der Waals surface area contributed by atoms with Crippen molar-refractivity contribution in [2.45, 2.75) is 17.2 Å². The lowest BCUT2D eigenvalue weighted by Crippen LogP contribution is -2.35. The Hall–Kier alpha value is -2.57. The van der Waals surface area contributed by atoms with Gasteiger partial charge in [0.25, 0.3) is 5.91 Å². The minimum atomic E-state index is 0.0256. The van der Waals surface area contributed by atoms with Gasteiger partial charge in [-0.25, -0.2) is 4.98 Å². The first kappa shape index (κ1) is 20.7. The number of hydrogen-bond donors (Lipinski definition) is 0. The van der Waals surface area contributed by atoms with Gasteiger partial charge in [-0.1, -0.05) is 48.0 Å². The van der Waals surface area contributed by atoms with E-state index in [0.717, 1.165) is 42.7 Å². The van der Waals surface area contributed by atoms with Crippen molar-refractivity contribution in [3.63, 3.8) is 0 Å². The first-order valence-corrected chi connectivity index (χ1v) is 11.3. The molecule has 0 spiro atoms. The number of aromatic nitrogens is 2. The Morgan fingerprint density at radius 3 is 2.70 bits per heavy atom. The van der Waals surface area contributed by atoms with Crippen LogP contribution in [0.25, 0.3) is 0 Å². The summed E-state index contributed by atoms with van der Waals surface area (Å²) in [6.45, 7) is 2.95. The lowest BCUT2D eigenvalue weighted by atomic mass is 10.2. The number of anilines is 1. The van der Waals surface area contributed by atoms with Gasteiger partial charge >= 0.3 is 0 Å². The van der Waals surface area contributed by atoms with Crippen molar-refractivity contribution < 1.29 is 4.79 Å². The standard InChI is InChI=1S/C23H23ClN4OS/c24-20-9-4-8-19(14-20)23(29)28-11-5-10-27(12-13-28)21-15-25-16-22(26-21)30-17-18-6-2-1-3-7-18/h1-4,6-9,14-16H,5,10-13,17H2. The molecule has 0 saturated carbocycles. The Bertz CT molecular complexity index is 1000. The highest BCUT2D eigenvalue weighted by atomic mass is 35.5. The van der Waals surface area contributed by atoms with Gasteiger partial charge in [-0.05, 0) is 30.2 Å². The van der Waals surface area contributed by atoms with Crippen molar-refractivity contribution in [1.29, 1.82) is 0 Å². The van der Waals surface area contributed by atoms with Crippen LogP contribution in [0.15, 0.2) is 72.0 Å². The number of rotatable bonds is 5. The van der Waals surface area contributed by atoms with Gasteiger partial charge in [0, 0.05) is 42.5 Å². The van der Waals surface area contributed by atoms with Crippen molar-refractivity contribution in [3.8, 4) is 0 Å². The molecule has 0 atom stereocenters. The zero-order chi connectivity index (χ0) is 20.8. The largest absolute Gasteiger partial charge is 0.353 e. The molecule has 1 fully saturated rings. The van der Waals surface area contributed by atoms with Crippen molar-refractivity contribution in [1.82, 2.24) is 14.9 Å². The molecule has 5 nitrogen and oxygen atoms in total. The molecule has 30 heavy (non-hydrogen) atoms. The van der Waals surface area contributed by atoms with Crippen molar-refractivity contribution in [2.24, 2.45) is 0 Å². The highest BCUT2D eigenvalue weighted by molar-refractivity contribution is 7.98. The predicted molar refractivity (Wildman–Crippen MR) is 122 cm³/mol. The van der Waals surface area contributed by atoms with E-state index in [1.165, 1.54) is 5.56 Å². The van der Waals surface area contributed by atoms with Crippen LogP contribution >= 0.6 is 23.4 Å². The topological polar surface area (TPSA) is 49.3 Å². The fraction of sp³-hybridized carbons (Fsp3) is 0.261. The Balaban J connectivity index is 1.39. The summed E-state index contributed by atoms with van der Waals surface area (Å²) in [5, 5.41) is 1.49. The van der Waals surface area contributed by atoms with Crippen LogP contribution in [0, 0.1) is 0 Å². The Kier molecular flexibility index (Phi) is 6.87. The summed E-state index contributed by atoms with van der Waals surface area (Å²) in [4.78, 5) is 26.1. The van der Waals surface area contributed by atoms with Gasteiger partial charge in [0.05, 0.1) is 12.4 Å². The molecule has 1 amide bonds. The highest BCUT2D eigenvalue weighted by Crippen LogP contribution is 2.23. The van der Waals surface area contributed by atoms with E-state index in [1.54, 1.807) is 30.1 Å². The predicted octanol–water partition coefficient (Wildman–Crippen LogP) is 4.77. The number of carbonyl (C=O) groups excluding carboxylic acids is 1. The molecular weight excluding hydrogens is 416 g/mol.